The van der Waals surface area contributed by atoms with E-state index in [1.54, 1.807) is 23.0 Å². The van der Waals surface area contributed by atoms with E-state index in [9.17, 15) is 9.18 Å². The molecule has 0 radical (unpaired) electrons. The highest BCUT2D eigenvalue weighted by atomic mass is 19.1. The predicted octanol–water partition coefficient (Wildman–Crippen LogP) is 4.19. The molecule has 2 aromatic carbocycles. The molecule has 1 aliphatic rings. The molecular formula is C22H22FN3O2. The molecule has 144 valence electrons. The number of halogens is 1. The zero-order valence-electron chi connectivity index (χ0n) is 16.1. The topological polar surface area (TPSA) is 56.2 Å². The number of benzene rings is 2. The van der Waals surface area contributed by atoms with Gasteiger partial charge >= 0.3 is 0 Å². The quantitative estimate of drug-likeness (QED) is 0.742. The molecule has 1 unspecified atom stereocenters. The third kappa shape index (κ3) is 3.26. The number of aryl methyl sites for hydroxylation is 2. The number of hydrogen-bond donors (Lipinski definition) is 1. The molecule has 1 amide bonds. The average molecular weight is 379 g/mol. The van der Waals surface area contributed by atoms with Gasteiger partial charge in [0.25, 0.3) is 5.91 Å². The summed E-state index contributed by atoms with van der Waals surface area (Å²) in [6, 6.07) is 10.1. The number of nitrogens with one attached hydrogen (secondary N) is 1. The Bertz CT molecular complexity index is 1040. The van der Waals surface area contributed by atoms with Crippen molar-refractivity contribution in [1.29, 1.82) is 0 Å². The first-order valence-electron chi connectivity index (χ1n) is 9.29. The van der Waals surface area contributed by atoms with Crippen LogP contribution in [0, 0.1) is 26.6 Å². The van der Waals surface area contributed by atoms with Crippen LogP contribution in [-0.4, -0.2) is 22.3 Å². The Morgan fingerprint density at radius 3 is 2.71 bits per heavy atom. The standard InChI is InChI=1S/C22H22FN3O2/c1-13-10-14(2)21-18(11-13)20(8-9-28-21)25-22(27)19-12-24-26(15(19)3)17-6-4-16(23)5-7-17/h4-7,10-12,20H,8-9H2,1-3H3,(H,25,27). The molecule has 6 heteroatoms. The van der Waals surface area contributed by atoms with Crippen LogP contribution in [0.3, 0.4) is 0 Å². The third-order valence-electron chi connectivity index (χ3n) is 5.11. The van der Waals surface area contributed by atoms with Crippen LogP contribution in [0.2, 0.25) is 0 Å². The lowest BCUT2D eigenvalue weighted by atomic mass is 9.95. The maximum atomic E-state index is 13.2. The summed E-state index contributed by atoms with van der Waals surface area (Å²) < 4.78 is 20.6. The molecule has 3 aromatic rings. The van der Waals surface area contributed by atoms with Gasteiger partial charge in [0.1, 0.15) is 11.6 Å². The van der Waals surface area contributed by atoms with Crippen LogP contribution in [0.15, 0.2) is 42.6 Å². The predicted molar refractivity (Wildman–Crippen MR) is 104 cm³/mol. The summed E-state index contributed by atoms with van der Waals surface area (Å²) in [5, 5.41) is 7.44. The van der Waals surface area contributed by atoms with Gasteiger partial charge in [0.15, 0.2) is 0 Å². The highest BCUT2D eigenvalue weighted by Gasteiger charge is 2.26. The first kappa shape index (κ1) is 18.2. The van der Waals surface area contributed by atoms with Crippen LogP contribution in [0.1, 0.15) is 45.2 Å². The van der Waals surface area contributed by atoms with Crippen molar-refractivity contribution in [2.45, 2.75) is 33.2 Å². The van der Waals surface area contributed by atoms with Gasteiger partial charge < -0.3 is 10.1 Å². The molecule has 1 aromatic heterocycles. The fourth-order valence-corrected chi connectivity index (χ4v) is 3.74. The van der Waals surface area contributed by atoms with Crippen molar-refractivity contribution in [3.8, 4) is 11.4 Å². The first-order chi connectivity index (χ1) is 13.4. The number of carbonyl (C=O) groups excluding carboxylic acids is 1. The molecule has 0 fully saturated rings. The van der Waals surface area contributed by atoms with Crippen LogP contribution in [0.5, 0.6) is 5.75 Å². The van der Waals surface area contributed by atoms with Gasteiger partial charge in [-0.15, -0.1) is 0 Å². The largest absolute Gasteiger partial charge is 0.493 e. The van der Waals surface area contributed by atoms with Gasteiger partial charge in [0.05, 0.1) is 35.8 Å². The molecule has 2 heterocycles. The molecule has 4 rings (SSSR count). The van der Waals surface area contributed by atoms with Gasteiger partial charge in [-0.3, -0.25) is 4.79 Å². The number of fused-ring (bicyclic) bond motifs is 1. The molecule has 1 N–H and O–H groups in total. The molecular weight excluding hydrogens is 357 g/mol. The number of amides is 1. The summed E-state index contributed by atoms with van der Waals surface area (Å²) in [5.41, 5.74) is 5.15. The summed E-state index contributed by atoms with van der Waals surface area (Å²) >= 11 is 0. The van der Waals surface area contributed by atoms with Crippen LogP contribution < -0.4 is 10.1 Å². The van der Waals surface area contributed by atoms with Gasteiger partial charge in [-0.2, -0.15) is 5.10 Å². The van der Waals surface area contributed by atoms with E-state index >= 15 is 0 Å². The van der Waals surface area contributed by atoms with Gasteiger partial charge in [-0.1, -0.05) is 17.7 Å². The Labute approximate surface area is 163 Å². The number of carbonyl (C=O) groups is 1. The molecule has 0 spiro atoms. The van der Waals surface area contributed by atoms with E-state index in [2.05, 4.69) is 22.5 Å². The zero-order valence-corrected chi connectivity index (χ0v) is 16.1. The summed E-state index contributed by atoms with van der Waals surface area (Å²) in [7, 11) is 0. The molecule has 1 atom stereocenters. The second-order valence-electron chi connectivity index (χ2n) is 7.20. The second kappa shape index (κ2) is 7.11. The van der Waals surface area contributed by atoms with E-state index in [4.69, 9.17) is 4.74 Å². The Kier molecular flexibility index (Phi) is 4.63. The molecule has 1 aliphatic heterocycles. The first-order valence-corrected chi connectivity index (χ1v) is 9.29. The SMILES string of the molecule is Cc1cc(C)c2c(c1)C(NC(=O)c1cnn(-c3ccc(F)cc3)c1C)CCO2. The van der Waals surface area contributed by atoms with Crippen LogP contribution in [-0.2, 0) is 0 Å². The van der Waals surface area contributed by atoms with Crippen LogP contribution in [0.4, 0.5) is 4.39 Å². The van der Waals surface area contributed by atoms with Gasteiger partial charge in [0, 0.05) is 12.0 Å². The maximum absolute atomic E-state index is 13.2. The normalized spacial score (nSPS) is 15.6. The minimum Gasteiger partial charge on any atom is -0.493 e. The van der Waals surface area contributed by atoms with E-state index < -0.39 is 0 Å². The van der Waals surface area contributed by atoms with Crippen molar-refractivity contribution >= 4 is 5.91 Å². The van der Waals surface area contributed by atoms with Crippen molar-refractivity contribution in [3.63, 3.8) is 0 Å². The molecule has 5 nitrogen and oxygen atoms in total. The minimum absolute atomic E-state index is 0.108. The van der Waals surface area contributed by atoms with Gasteiger partial charge in [-0.05, 0) is 50.6 Å². The molecule has 28 heavy (non-hydrogen) atoms. The minimum atomic E-state index is -0.310. The van der Waals surface area contributed by atoms with E-state index in [1.165, 1.54) is 12.1 Å². The smallest absolute Gasteiger partial charge is 0.255 e. The van der Waals surface area contributed by atoms with Crippen LogP contribution in [0.25, 0.3) is 5.69 Å². The summed E-state index contributed by atoms with van der Waals surface area (Å²) in [5.74, 6) is 0.374. The van der Waals surface area contributed by atoms with Crippen molar-refractivity contribution in [2.75, 3.05) is 6.61 Å². The highest BCUT2D eigenvalue weighted by molar-refractivity contribution is 5.95. The number of ether oxygens (including phenoxy) is 1. The molecule has 0 bridgehead atoms. The lowest BCUT2D eigenvalue weighted by Gasteiger charge is -2.28. The van der Waals surface area contributed by atoms with Crippen molar-refractivity contribution in [1.82, 2.24) is 15.1 Å². The fourth-order valence-electron chi connectivity index (χ4n) is 3.74. The van der Waals surface area contributed by atoms with E-state index in [0.717, 1.165) is 22.4 Å². The number of aromatic nitrogens is 2. The number of nitrogens with zero attached hydrogens (tertiary/aromatic N) is 2. The lowest BCUT2D eigenvalue weighted by Crippen LogP contribution is -2.32. The van der Waals surface area contributed by atoms with Gasteiger partial charge in [-0.25, -0.2) is 9.07 Å². The second-order valence-corrected chi connectivity index (χ2v) is 7.20. The Morgan fingerprint density at radius 1 is 1.21 bits per heavy atom. The summed E-state index contributed by atoms with van der Waals surface area (Å²) in [6.45, 7) is 6.46. The molecule has 0 saturated carbocycles. The zero-order chi connectivity index (χ0) is 19.8. The lowest BCUT2D eigenvalue weighted by molar-refractivity contribution is 0.0924. The number of rotatable bonds is 3. The van der Waals surface area contributed by atoms with Crippen molar-refractivity contribution in [3.05, 3.63) is 76.4 Å². The molecule has 0 saturated heterocycles. The highest BCUT2D eigenvalue weighted by Crippen LogP contribution is 2.36. The average Bonchev–Trinajstić information content (AvgIpc) is 3.04. The number of hydrogen-bond acceptors (Lipinski definition) is 3. The van der Waals surface area contributed by atoms with Crippen molar-refractivity contribution < 1.29 is 13.9 Å². The maximum Gasteiger partial charge on any atom is 0.255 e. The van der Waals surface area contributed by atoms with E-state index in [-0.39, 0.29) is 17.8 Å². The van der Waals surface area contributed by atoms with Gasteiger partial charge in [0.2, 0.25) is 0 Å². The summed E-state index contributed by atoms with van der Waals surface area (Å²) in [6.07, 6.45) is 2.27. The third-order valence-corrected chi connectivity index (χ3v) is 5.11. The monoisotopic (exact) mass is 379 g/mol. The van der Waals surface area contributed by atoms with Crippen molar-refractivity contribution in [2.24, 2.45) is 0 Å². The van der Waals surface area contributed by atoms with E-state index in [0.29, 0.717) is 30.0 Å². The van der Waals surface area contributed by atoms with Crippen LogP contribution >= 0.6 is 0 Å². The Hall–Kier alpha value is -3.15. The summed E-state index contributed by atoms with van der Waals surface area (Å²) in [4.78, 5) is 12.9. The molecule has 0 aliphatic carbocycles. The fraction of sp³-hybridized carbons (Fsp3) is 0.273. The Morgan fingerprint density at radius 2 is 1.96 bits per heavy atom. The Balaban J connectivity index is 1.60. The van der Waals surface area contributed by atoms with E-state index in [1.807, 2.05) is 20.8 Å².